The van der Waals surface area contributed by atoms with Crippen LogP contribution in [-0.2, 0) is 23.6 Å². The molecule has 3 heterocycles. The maximum absolute atomic E-state index is 13.6. The Morgan fingerprint density at radius 3 is 2.21 bits per heavy atom. The number of rotatable bonds is 7. The monoisotopic (exact) mass is 625 g/mol. The lowest BCUT2D eigenvalue weighted by Gasteiger charge is -2.36. The lowest BCUT2D eigenvalue weighted by Crippen LogP contribution is -2.39. The first-order chi connectivity index (χ1) is 20.3. The minimum atomic E-state index is -5.01. The van der Waals surface area contributed by atoms with Gasteiger partial charge < -0.3 is 9.64 Å². The van der Waals surface area contributed by atoms with Gasteiger partial charge in [0, 0.05) is 29.9 Å². The Balaban J connectivity index is 1.52. The number of carbonyl (C=O) groups is 1. The summed E-state index contributed by atoms with van der Waals surface area (Å²) < 4.78 is 86.8. The molecular formula is C31H33F6N3O2S. The van der Waals surface area contributed by atoms with Crippen LogP contribution in [0.15, 0.2) is 41.2 Å². The molecule has 1 aliphatic carbocycles. The van der Waals surface area contributed by atoms with Crippen LogP contribution in [0.25, 0.3) is 11.1 Å². The number of benzene rings is 1. The van der Waals surface area contributed by atoms with E-state index in [1.165, 1.54) is 11.3 Å². The Kier molecular flexibility index (Phi) is 8.70. The van der Waals surface area contributed by atoms with Gasteiger partial charge in [-0.05, 0) is 85.3 Å². The average molecular weight is 626 g/mol. The lowest BCUT2D eigenvalue weighted by atomic mass is 9.93. The van der Waals surface area contributed by atoms with Crippen LogP contribution in [0.5, 0.6) is 0 Å². The van der Waals surface area contributed by atoms with Gasteiger partial charge in [-0.3, -0.25) is 4.90 Å². The smallest absolute Gasteiger partial charge is 0.416 e. The molecule has 0 N–H and O–H groups in total. The number of alkyl halides is 6. The Bertz CT molecular complexity index is 1430. The molecule has 1 saturated carbocycles. The van der Waals surface area contributed by atoms with E-state index in [0.29, 0.717) is 24.5 Å². The molecule has 43 heavy (non-hydrogen) atoms. The van der Waals surface area contributed by atoms with Crippen LogP contribution in [0.1, 0.15) is 79.9 Å². The number of thiophene rings is 1. The molecule has 2 fully saturated rings. The van der Waals surface area contributed by atoms with Gasteiger partial charge in [-0.1, -0.05) is 19.3 Å². The van der Waals surface area contributed by atoms with Crippen LogP contribution < -0.4 is 4.90 Å². The maximum atomic E-state index is 13.6. The Labute approximate surface area is 250 Å². The van der Waals surface area contributed by atoms with Crippen molar-refractivity contribution in [1.82, 2.24) is 9.88 Å². The van der Waals surface area contributed by atoms with Crippen molar-refractivity contribution in [1.29, 1.82) is 0 Å². The Morgan fingerprint density at radius 2 is 1.65 bits per heavy atom. The summed E-state index contributed by atoms with van der Waals surface area (Å²) in [6, 6.07) is 2.73. The van der Waals surface area contributed by atoms with Crippen LogP contribution in [0, 0.1) is 6.92 Å². The number of nitrogens with zero attached hydrogens (tertiary/aromatic N) is 3. The molecule has 0 radical (unpaired) electrons. The SMILES string of the molecule is CCN(c1ncc(-c2cscc2C)cc1CN1C(=O)OC(c2cc(C(F)(F)F)cc(C(F)(F)F)c2)[C@@H]1C)C1CCCCC1. The number of halogens is 6. The van der Waals surface area contributed by atoms with Crippen LogP contribution in [0.4, 0.5) is 37.0 Å². The van der Waals surface area contributed by atoms with E-state index < -0.39 is 41.7 Å². The van der Waals surface area contributed by atoms with Gasteiger partial charge in [0.15, 0.2) is 0 Å². The summed E-state index contributed by atoms with van der Waals surface area (Å²) in [5.74, 6) is 0.716. The number of aryl methyl sites for hydroxylation is 1. The van der Waals surface area contributed by atoms with Gasteiger partial charge in [0.25, 0.3) is 0 Å². The van der Waals surface area contributed by atoms with Crippen LogP contribution in [-0.4, -0.2) is 34.6 Å². The van der Waals surface area contributed by atoms with E-state index in [1.807, 2.05) is 36.9 Å². The summed E-state index contributed by atoms with van der Waals surface area (Å²) in [6.45, 7) is 6.33. The summed E-state index contributed by atoms with van der Waals surface area (Å²) in [4.78, 5) is 21.7. The standard InChI is InChI=1S/C31H33F6N3O2S/c1-4-39(25-8-6-5-7-9-25)28-22(10-21(14-38-28)26-17-43-16-18(26)2)15-40-19(3)27(42-29(40)41)20-11-23(30(32,33)34)13-24(12-20)31(35,36)37/h10-14,16-17,19,25,27H,4-9,15H2,1-3H3/t19-,27?/m0/s1. The second kappa shape index (κ2) is 12.0. The van der Waals surface area contributed by atoms with Crippen molar-refractivity contribution in [2.24, 2.45) is 0 Å². The van der Waals surface area contributed by atoms with Gasteiger partial charge in [-0.2, -0.15) is 37.7 Å². The van der Waals surface area contributed by atoms with E-state index in [4.69, 9.17) is 9.72 Å². The van der Waals surface area contributed by atoms with Crippen molar-refractivity contribution in [3.8, 4) is 11.1 Å². The van der Waals surface area contributed by atoms with Gasteiger partial charge in [0.1, 0.15) is 11.9 Å². The first-order valence-electron chi connectivity index (χ1n) is 14.3. The van der Waals surface area contributed by atoms with Gasteiger partial charge in [-0.15, -0.1) is 0 Å². The van der Waals surface area contributed by atoms with E-state index in [-0.39, 0.29) is 24.2 Å². The van der Waals surface area contributed by atoms with Gasteiger partial charge >= 0.3 is 18.4 Å². The highest BCUT2D eigenvalue weighted by molar-refractivity contribution is 7.08. The number of pyridine rings is 1. The average Bonchev–Trinajstić information content (AvgIpc) is 3.51. The summed E-state index contributed by atoms with van der Waals surface area (Å²) in [6.07, 6.45) is -4.92. The first kappa shape index (κ1) is 31.2. The molecule has 5 rings (SSSR count). The van der Waals surface area contributed by atoms with Crippen molar-refractivity contribution in [3.63, 3.8) is 0 Å². The van der Waals surface area contributed by atoms with Crippen molar-refractivity contribution >= 4 is 23.2 Å². The topological polar surface area (TPSA) is 45.7 Å². The van der Waals surface area contributed by atoms with Crippen molar-refractivity contribution in [2.45, 2.75) is 90.0 Å². The molecule has 2 aliphatic rings. The van der Waals surface area contributed by atoms with Crippen molar-refractivity contribution < 1.29 is 35.9 Å². The molecule has 1 aromatic carbocycles. The molecule has 1 amide bonds. The molecule has 2 atom stereocenters. The quantitative estimate of drug-likeness (QED) is 0.246. The predicted molar refractivity (Wildman–Crippen MR) is 153 cm³/mol. The summed E-state index contributed by atoms with van der Waals surface area (Å²) in [7, 11) is 0. The number of hydrogen-bond donors (Lipinski definition) is 0. The van der Waals surface area contributed by atoms with Crippen molar-refractivity contribution in [3.05, 3.63) is 69.0 Å². The molecular weight excluding hydrogens is 592 g/mol. The fourth-order valence-corrected chi connectivity index (χ4v) is 7.00. The number of carbonyl (C=O) groups excluding carboxylic acids is 1. The molecule has 232 valence electrons. The number of anilines is 1. The summed E-state index contributed by atoms with van der Waals surface area (Å²) >= 11 is 1.56. The highest BCUT2D eigenvalue weighted by Crippen LogP contribution is 2.42. The van der Waals surface area contributed by atoms with E-state index >= 15 is 0 Å². The molecule has 3 aromatic rings. The number of amides is 1. The number of ether oxygens (including phenoxy) is 1. The third kappa shape index (κ3) is 6.49. The molecule has 1 unspecified atom stereocenters. The van der Waals surface area contributed by atoms with Crippen LogP contribution in [0.3, 0.4) is 0 Å². The Hall–Kier alpha value is -3.28. The molecule has 2 aromatic heterocycles. The predicted octanol–water partition coefficient (Wildman–Crippen LogP) is 9.40. The maximum Gasteiger partial charge on any atom is 0.416 e. The van der Waals surface area contributed by atoms with Gasteiger partial charge in [0.05, 0.1) is 23.7 Å². The third-order valence-corrected chi connectivity index (χ3v) is 9.27. The largest absolute Gasteiger partial charge is 0.439 e. The molecule has 0 bridgehead atoms. The zero-order chi connectivity index (χ0) is 31.1. The number of cyclic esters (lactones) is 1. The lowest BCUT2D eigenvalue weighted by molar-refractivity contribution is -0.143. The normalized spacial score (nSPS) is 20.0. The van der Waals surface area contributed by atoms with Crippen LogP contribution in [0.2, 0.25) is 0 Å². The fraction of sp³-hybridized carbons (Fsp3) is 0.484. The minimum absolute atomic E-state index is 0.0319. The number of aromatic nitrogens is 1. The highest BCUT2D eigenvalue weighted by atomic mass is 32.1. The first-order valence-corrected chi connectivity index (χ1v) is 15.3. The zero-order valence-corrected chi connectivity index (χ0v) is 24.9. The summed E-state index contributed by atoms with van der Waals surface area (Å²) in [5, 5.41) is 4.04. The van der Waals surface area contributed by atoms with E-state index in [2.05, 4.69) is 4.90 Å². The van der Waals surface area contributed by atoms with Gasteiger partial charge in [0.2, 0.25) is 0 Å². The fourth-order valence-electron chi connectivity index (χ4n) is 6.14. The molecule has 12 heteroatoms. The van der Waals surface area contributed by atoms with E-state index in [0.717, 1.165) is 47.9 Å². The summed E-state index contributed by atoms with van der Waals surface area (Å²) in [5.41, 5.74) is 0.421. The number of hydrogen-bond acceptors (Lipinski definition) is 5. The molecule has 1 saturated heterocycles. The molecule has 5 nitrogen and oxygen atoms in total. The molecule has 1 aliphatic heterocycles. The molecule has 0 spiro atoms. The van der Waals surface area contributed by atoms with Gasteiger partial charge in [-0.25, -0.2) is 9.78 Å². The minimum Gasteiger partial charge on any atom is -0.439 e. The van der Waals surface area contributed by atoms with E-state index in [9.17, 15) is 31.1 Å². The highest BCUT2D eigenvalue weighted by Gasteiger charge is 2.43. The zero-order valence-electron chi connectivity index (χ0n) is 24.1. The second-order valence-corrected chi connectivity index (χ2v) is 12.0. The van der Waals surface area contributed by atoms with Crippen LogP contribution >= 0.6 is 11.3 Å². The second-order valence-electron chi connectivity index (χ2n) is 11.3. The third-order valence-electron chi connectivity index (χ3n) is 8.41. The van der Waals surface area contributed by atoms with Crippen molar-refractivity contribution in [2.75, 3.05) is 11.4 Å². The Morgan fingerprint density at radius 1 is 1.00 bits per heavy atom. The van der Waals surface area contributed by atoms with E-state index in [1.54, 1.807) is 18.3 Å².